The van der Waals surface area contributed by atoms with Crippen LogP contribution in [0.4, 0.5) is 13.2 Å². The van der Waals surface area contributed by atoms with Gasteiger partial charge in [0.15, 0.2) is 0 Å². The summed E-state index contributed by atoms with van der Waals surface area (Å²) in [5.74, 6) is 0. The number of hydrogen-bond acceptors (Lipinski definition) is 2. The third kappa shape index (κ3) is 7.52. The van der Waals surface area contributed by atoms with Crippen LogP contribution in [0.1, 0.15) is 31.7 Å². The Morgan fingerprint density at radius 1 is 1.37 bits per heavy atom. The second kappa shape index (κ2) is 7.85. The minimum atomic E-state index is -4.10. The van der Waals surface area contributed by atoms with Gasteiger partial charge in [0.25, 0.3) is 0 Å². The summed E-state index contributed by atoms with van der Waals surface area (Å²) in [4.78, 5) is 4.03. The number of rotatable bonds is 7. The molecule has 0 aromatic carbocycles. The maximum Gasteiger partial charge on any atom is 0.389 e. The van der Waals surface area contributed by atoms with E-state index < -0.39 is 12.6 Å². The number of halogens is 4. The molecule has 0 saturated carbocycles. The molecule has 1 atom stereocenters. The van der Waals surface area contributed by atoms with Gasteiger partial charge in [0, 0.05) is 29.3 Å². The highest BCUT2D eigenvalue weighted by Crippen LogP contribution is 2.23. The number of hydrogen-bond donors (Lipinski definition) is 1. The maximum absolute atomic E-state index is 12.3. The van der Waals surface area contributed by atoms with E-state index in [-0.39, 0.29) is 12.5 Å². The van der Waals surface area contributed by atoms with Crippen molar-refractivity contribution in [2.24, 2.45) is 0 Å². The third-order valence-electron chi connectivity index (χ3n) is 2.70. The smallest absolute Gasteiger partial charge is 0.314 e. The van der Waals surface area contributed by atoms with E-state index in [9.17, 15) is 13.2 Å². The Bertz CT molecular complexity index is 382. The van der Waals surface area contributed by atoms with Gasteiger partial charge in [-0.3, -0.25) is 4.98 Å². The van der Waals surface area contributed by atoms with Crippen LogP contribution in [0.25, 0.3) is 0 Å². The van der Waals surface area contributed by atoms with Crippen molar-refractivity contribution in [3.8, 4) is 0 Å². The third-order valence-corrected chi connectivity index (χ3v) is 3.14. The van der Waals surface area contributed by atoms with Gasteiger partial charge in [-0.25, -0.2) is 0 Å². The van der Waals surface area contributed by atoms with E-state index in [0.717, 1.165) is 23.0 Å². The molecule has 0 radical (unpaired) electrons. The first-order valence-corrected chi connectivity index (χ1v) is 7.09. The molecule has 1 N–H and O–H groups in total. The summed E-state index contributed by atoms with van der Waals surface area (Å²) in [7, 11) is 0. The number of alkyl halides is 3. The SMILES string of the molecule is CCCNC(CCC(F)(F)F)Cc1cncc(Br)c1. The molecule has 0 saturated heterocycles. The van der Waals surface area contributed by atoms with Crippen molar-refractivity contribution in [1.82, 2.24) is 10.3 Å². The molecule has 1 heterocycles. The van der Waals surface area contributed by atoms with Crippen molar-refractivity contribution in [1.29, 1.82) is 0 Å². The Balaban J connectivity index is 2.58. The van der Waals surface area contributed by atoms with Crippen molar-refractivity contribution in [3.05, 3.63) is 28.5 Å². The van der Waals surface area contributed by atoms with Gasteiger partial charge in [0.1, 0.15) is 0 Å². The average molecular weight is 339 g/mol. The van der Waals surface area contributed by atoms with Crippen molar-refractivity contribution >= 4 is 15.9 Å². The highest BCUT2D eigenvalue weighted by molar-refractivity contribution is 9.10. The van der Waals surface area contributed by atoms with Crippen molar-refractivity contribution in [2.75, 3.05) is 6.54 Å². The monoisotopic (exact) mass is 338 g/mol. The normalized spacial score (nSPS) is 13.5. The summed E-state index contributed by atoms with van der Waals surface area (Å²) >= 11 is 3.31. The lowest BCUT2D eigenvalue weighted by Crippen LogP contribution is -2.33. The van der Waals surface area contributed by atoms with Gasteiger partial charge < -0.3 is 5.32 Å². The maximum atomic E-state index is 12.3. The van der Waals surface area contributed by atoms with Crippen LogP contribution in [0.15, 0.2) is 22.9 Å². The molecule has 6 heteroatoms. The second-order valence-corrected chi connectivity index (χ2v) is 5.44. The molecule has 2 nitrogen and oxygen atoms in total. The van der Waals surface area contributed by atoms with E-state index in [1.165, 1.54) is 0 Å². The molecule has 1 rings (SSSR count). The molecule has 19 heavy (non-hydrogen) atoms. The van der Waals surface area contributed by atoms with Gasteiger partial charge in [0.05, 0.1) is 0 Å². The van der Waals surface area contributed by atoms with E-state index in [1.807, 2.05) is 13.0 Å². The number of aromatic nitrogens is 1. The van der Waals surface area contributed by atoms with Crippen LogP contribution in [-0.4, -0.2) is 23.7 Å². The lowest BCUT2D eigenvalue weighted by molar-refractivity contribution is -0.136. The molecule has 0 aliphatic carbocycles. The lowest BCUT2D eigenvalue weighted by atomic mass is 10.0. The highest BCUT2D eigenvalue weighted by atomic mass is 79.9. The molecular formula is C13H18BrF3N2. The van der Waals surface area contributed by atoms with Crippen molar-refractivity contribution in [3.63, 3.8) is 0 Å². The average Bonchev–Trinajstić information content (AvgIpc) is 2.31. The molecule has 1 aromatic rings. The van der Waals surface area contributed by atoms with Crippen LogP contribution in [0.3, 0.4) is 0 Å². The molecule has 1 aromatic heterocycles. The topological polar surface area (TPSA) is 24.9 Å². The van der Waals surface area contributed by atoms with Crippen molar-refractivity contribution in [2.45, 2.75) is 44.8 Å². The number of nitrogens with zero attached hydrogens (tertiary/aromatic N) is 1. The fraction of sp³-hybridized carbons (Fsp3) is 0.615. The standard InChI is InChI=1S/C13H18BrF3N2/c1-2-5-19-12(3-4-13(15,16)17)7-10-6-11(14)9-18-8-10/h6,8-9,12,19H,2-5,7H2,1H3. The van der Waals surface area contributed by atoms with Crippen LogP contribution in [0, 0.1) is 0 Å². The van der Waals surface area contributed by atoms with Gasteiger partial charge in [-0.2, -0.15) is 13.2 Å². The van der Waals surface area contributed by atoms with E-state index in [4.69, 9.17) is 0 Å². The predicted octanol–water partition coefficient (Wildman–Crippen LogP) is 4.10. The zero-order valence-corrected chi connectivity index (χ0v) is 12.4. The zero-order chi connectivity index (χ0) is 14.3. The van der Waals surface area contributed by atoms with Gasteiger partial charge in [-0.1, -0.05) is 6.92 Å². The molecule has 0 amide bonds. The lowest BCUT2D eigenvalue weighted by Gasteiger charge is -2.19. The number of nitrogens with one attached hydrogen (secondary N) is 1. The summed E-state index contributed by atoms with van der Waals surface area (Å²) in [6.07, 6.45) is 0.0575. The van der Waals surface area contributed by atoms with E-state index in [2.05, 4.69) is 26.2 Å². The molecule has 0 aliphatic rings. The fourth-order valence-electron chi connectivity index (χ4n) is 1.81. The zero-order valence-electron chi connectivity index (χ0n) is 10.8. The molecule has 0 fully saturated rings. The summed E-state index contributed by atoms with van der Waals surface area (Å²) < 4.78 is 37.7. The van der Waals surface area contributed by atoms with Crippen LogP contribution < -0.4 is 5.32 Å². The molecule has 0 bridgehead atoms. The molecule has 108 valence electrons. The molecular weight excluding hydrogens is 321 g/mol. The summed E-state index contributed by atoms with van der Waals surface area (Å²) in [6.45, 7) is 2.72. The van der Waals surface area contributed by atoms with E-state index in [0.29, 0.717) is 6.42 Å². The number of pyridine rings is 1. The quantitative estimate of drug-likeness (QED) is 0.809. The Morgan fingerprint density at radius 3 is 2.68 bits per heavy atom. The molecule has 0 aliphatic heterocycles. The van der Waals surface area contributed by atoms with Crippen LogP contribution >= 0.6 is 15.9 Å². The summed E-state index contributed by atoms with van der Waals surface area (Å²) in [5.41, 5.74) is 0.935. The van der Waals surface area contributed by atoms with Gasteiger partial charge in [0.2, 0.25) is 0 Å². The Hall–Kier alpha value is -0.620. The van der Waals surface area contributed by atoms with Gasteiger partial charge in [-0.05, 0) is 53.4 Å². The van der Waals surface area contributed by atoms with E-state index in [1.54, 1.807) is 12.4 Å². The first-order chi connectivity index (χ1) is 8.90. The largest absolute Gasteiger partial charge is 0.389 e. The summed E-state index contributed by atoms with van der Waals surface area (Å²) in [5, 5.41) is 3.17. The Kier molecular flexibility index (Phi) is 6.79. The van der Waals surface area contributed by atoms with Crippen LogP contribution in [-0.2, 0) is 6.42 Å². The summed E-state index contributed by atoms with van der Waals surface area (Å²) in [6, 6.07) is 1.72. The highest BCUT2D eigenvalue weighted by Gasteiger charge is 2.28. The van der Waals surface area contributed by atoms with Gasteiger partial charge >= 0.3 is 6.18 Å². The van der Waals surface area contributed by atoms with Gasteiger partial charge in [-0.15, -0.1) is 0 Å². The predicted molar refractivity (Wildman–Crippen MR) is 73.0 cm³/mol. The first kappa shape index (κ1) is 16.4. The van der Waals surface area contributed by atoms with Crippen LogP contribution in [0.5, 0.6) is 0 Å². The molecule has 1 unspecified atom stereocenters. The van der Waals surface area contributed by atoms with Crippen LogP contribution in [0.2, 0.25) is 0 Å². The fourth-order valence-corrected chi connectivity index (χ4v) is 2.23. The minimum absolute atomic E-state index is 0.0933. The second-order valence-electron chi connectivity index (χ2n) is 4.52. The first-order valence-electron chi connectivity index (χ1n) is 6.30. The Morgan fingerprint density at radius 2 is 2.11 bits per heavy atom. The van der Waals surface area contributed by atoms with E-state index >= 15 is 0 Å². The molecule has 0 spiro atoms. The minimum Gasteiger partial charge on any atom is -0.314 e. The van der Waals surface area contributed by atoms with Crippen molar-refractivity contribution < 1.29 is 13.2 Å². The Labute approximate surface area is 119 Å².